The average Bonchev–Trinajstić information content (AvgIpc) is 2.94. The van der Waals surface area contributed by atoms with Crippen molar-refractivity contribution in [2.24, 2.45) is 5.92 Å². The largest absolute Gasteiger partial charge is 0.381 e. The molecule has 2 unspecified atom stereocenters. The van der Waals surface area contributed by atoms with E-state index in [0.29, 0.717) is 25.3 Å². The minimum atomic E-state index is -1.25. The summed E-state index contributed by atoms with van der Waals surface area (Å²) in [6.07, 6.45) is 0.776. The standard InChI is InChI=1S/C13H14F2N2O4/c1-7(8-2-3-21-6-8)16-13(18)9-4-11(15)12(17(19)20)5-10(9)14/h4-5,7-8H,2-3,6H2,1H3,(H,16,18). The van der Waals surface area contributed by atoms with Gasteiger partial charge < -0.3 is 10.1 Å². The summed E-state index contributed by atoms with van der Waals surface area (Å²) < 4.78 is 32.4. The lowest BCUT2D eigenvalue weighted by atomic mass is 10.0. The molecule has 0 radical (unpaired) electrons. The van der Waals surface area contributed by atoms with Gasteiger partial charge in [-0.2, -0.15) is 4.39 Å². The van der Waals surface area contributed by atoms with E-state index in [1.165, 1.54) is 0 Å². The van der Waals surface area contributed by atoms with E-state index in [0.717, 1.165) is 6.42 Å². The van der Waals surface area contributed by atoms with Crippen molar-refractivity contribution in [1.29, 1.82) is 0 Å². The summed E-state index contributed by atoms with van der Waals surface area (Å²) in [5.41, 5.74) is -1.55. The van der Waals surface area contributed by atoms with Crippen LogP contribution in [-0.4, -0.2) is 30.1 Å². The molecule has 1 N–H and O–H groups in total. The molecule has 114 valence electrons. The fourth-order valence-corrected chi connectivity index (χ4v) is 2.20. The third kappa shape index (κ3) is 3.33. The van der Waals surface area contributed by atoms with Gasteiger partial charge >= 0.3 is 5.69 Å². The first kappa shape index (κ1) is 15.3. The summed E-state index contributed by atoms with van der Waals surface area (Å²) in [5, 5.41) is 13.1. The van der Waals surface area contributed by atoms with E-state index in [4.69, 9.17) is 4.74 Å². The van der Waals surface area contributed by atoms with E-state index in [2.05, 4.69) is 5.32 Å². The Morgan fingerprint density at radius 3 is 2.76 bits per heavy atom. The first-order valence-corrected chi connectivity index (χ1v) is 6.42. The Bertz CT molecular complexity index is 574. The topological polar surface area (TPSA) is 81.5 Å². The molecule has 1 fully saturated rings. The molecule has 0 spiro atoms. The second-order valence-corrected chi connectivity index (χ2v) is 4.93. The van der Waals surface area contributed by atoms with Crippen LogP contribution in [0.3, 0.4) is 0 Å². The highest BCUT2D eigenvalue weighted by atomic mass is 19.1. The van der Waals surface area contributed by atoms with E-state index in [-0.39, 0.29) is 12.0 Å². The van der Waals surface area contributed by atoms with Crippen molar-refractivity contribution in [2.75, 3.05) is 13.2 Å². The molecule has 0 bridgehead atoms. The van der Waals surface area contributed by atoms with Crippen LogP contribution in [0.1, 0.15) is 23.7 Å². The Hall–Kier alpha value is -2.09. The number of carbonyl (C=O) groups excluding carboxylic acids is 1. The van der Waals surface area contributed by atoms with Gasteiger partial charge in [0.15, 0.2) is 0 Å². The van der Waals surface area contributed by atoms with Crippen LogP contribution in [0.4, 0.5) is 14.5 Å². The maximum absolute atomic E-state index is 13.7. The fourth-order valence-electron chi connectivity index (χ4n) is 2.20. The summed E-state index contributed by atoms with van der Waals surface area (Å²) in [4.78, 5) is 21.4. The van der Waals surface area contributed by atoms with Gasteiger partial charge in [-0.3, -0.25) is 14.9 Å². The predicted molar refractivity (Wildman–Crippen MR) is 68.9 cm³/mol. The molecule has 0 aromatic heterocycles. The van der Waals surface area contributed by atoms with E-state index >= 15 is 0 Å². The molecule has 2 atom stereocenters. The predicted octanol–water partition coefficient (Wildman–Crippen LogP) is 2.03. The Morgan fingerprint density at radius 2 is 2.19 bits per heavy atom. The molecule has 0 saturated carbocycles. The second-order valence-electron chi connectivity index (χ2n) is 4.93. The number of amides is 1. The molecule has 1 amide bonds. The molecular weight excluding hydrogens is 286 g/mol. The van der Waals surface area contributed by atoms with Crippen molar-refractivity contribution in [1.82, 2.24) is 5.32 Å². The van der Waals surface area contributed by atoms with Crippen LogP contribution in [0.2, 0.25) is 0 Å². The minimum Gasteiger partial charge on any atom is -0.381 e. The van der Waals surface area contributed by atoms with E-state index in [1.54, 1.807) is 6.92 Å². The van der Waals surface area contributed by atoms with Gasteiger partial charge in [-0.25, -0.2) is 4.39 Å². The molecule has 6 nitrogen and oxygen atoms in total. The van der Waals surface area contributed by atoms with Gasteiger partial charge in [0.25, 0.3) is 5.91 Å². The lowest BCUT2D eigenvalue weighted by Crippen LogP contribution is -2.38. The molecule has 1 heterocycles. The van der Waals surface area contributed by atoms with Crippen molar-refractivity contribution >= 4 is 11.6 Å². The van der Waals surface area contributed by atoms with Crippen LogP contribution in [0.15, 0.2) is 12.1 Å². The van der Waals surface area contributed by atoms with Gasteiger partial charge in [0.05, 0.1) is 23.2 Å². The Morgan fingerprint density at radius 1 is 1.48 bits per heavy atom. The first-order chi connectivity index (χ1) is 9.90. The SMILES string of the molecule is CC(NC(=O)c1cc(F)c([N+](=O)[O-])cc1F)C1CCOC1. The van der Waals surface area contributed by atoms with Crippen LogP contribution in [0.25, 0.3) is 0 Å². The highest BCUT2D eigenvalue weighted by molar-refractivity contribution is 5.95. The van der Waals surface area contributed by atoms with Crippen LogP contribution in [0.5, 0.6) is 0 Å². The van der Waals surface area contributed by atoms with E-state index in [1.807, 2.05) is 0 Å². The summed E-state index contributed by atoms with van der Waals surface area (Å²) in [7, 11) is 0. The molecule has 0 aliphatic carbocycles. The fraction of sp³-hybridized carbons (Fsp3) is 0.462. The number of carbonyl (C=O) groups is 1. The van der Waals surface area contributed by atoms with Crippen molar-refractivity contribution < 1.29 is 23.2 Å². The molecule has 1 aliphatic rings. The average molecular weight is 300 g/mol. The zero-order valence-corrected chi connectivity index (χ0v) is 11.3. The number of nitrogens with zero attached hydrogens (tertiary/aromatic N) is 1. The number of nitro benzene ring substituents is 1. The molecule has 1 saturated heterocycles. The second kappa shape index (κ2) is 6.13. The summed E-state index contributed by atoms with van der Waals surface area (Å²) in [6.45, 7) is 2.85. The molecule has 1 aliphatic heterocycles. The summed E-state index contributed by atoms with van der Waals surface area (Å²) in [6, 6.07) is 0.687. The van der Waals surface area contributed by atoms with Gasteiger partial charge in [0.2, 0.25) is 5.82 Å². The van der Waals surface area contributed by atoms with Gasteiger partial charge in [0.1, 0.15) is 5.82 Å². The summed E-state index contributed by atoms with van der Waals surface area (Å²) in [5.74, 6) is -3.07. The van der Waals surface area contributed by atoms with Gasteiger partial charge in [0, 0.05) is 18.6 Å². The molecule has 1 aromatic carbocycles. The number of hydrogen-bond donors (Lipinski definition) is 1. The monoisotopic (exact) mass is 300 g/mol. The van der Waals surface area contributed by atoms with Crippen molar-refractivity contribution in [3.05, 3.63) is 39.4 Å². The van der Waals surface area contributed by atoms with E-state index in [9.17, 15) is 23.7 Å². The number of halogens is 2. The Kier molecular flexibility index (Phi) is 4.46. The van der Waals surface area contributed by atoms with Crippen molar-refractivity contribution in [3.8, 4) is 0 Å². The minimum absolute atomic E-state index is 0.111. The Balaban J connectivity index is 2.15. The Labute approximate surface area is 119 Å². The van der Waals surface area contributed by atoms with Crippen LogP contribution >= 0.6 is 0 Å². The zero-order valence-electron chi connectivity index (χ0n) is 11.3. The normalized spacial score (nSPS) is 19.3. The van der Waals surface area contributed by atoms with Crippen LogP contribution < -0.4 is 5.32 Å². The molecule has 2 rings (SSSR count). The molecule has 1 aromatic rings. The van der Waals surface area contributed by atoms with Crippen molar-refractivity contribution in [3.63, 3.8) is 0 Å². The highest BCUT2D eigenvalue weighted by Crippen LogP contribution is 2.22. The van der Waals surface area contributed by atoms with Crippen molar-refractivity contribution in [2.45, 2.75) is 19.4 Å². The van der Waals surface area contributed by atoms with E-state index < -0.39 is 33.7 Å². The van der Waals surface area contributed by atoms with Gasteiger partial charge in [-0.05, 0) is 19.4 Å². The molecular formula is C13H14F2N2O4. The third-order valence-corrected chi connectivity index (χ3v) is 3.51. The van der Waals surface area contributed by atoms with Gasteiger partial charge in [-0.1, -0.05) is 0 Å². The molecule has 21 heavy (non-hydrogen) atoms. The maximum atomic E-state index is 13.7. The molecule has 8 heteroatoms. The summed E-state index contributed by atoms with van der Waals surface area (Å²) >= 11 is 0. The maximum Gasteiger partial charge on any atom is 0.307 e. The van der Waals surface area contributed by atoms with Crippen LogP contribution in [0, 0.1) is 27.7 Å². The highest BCUT2D eigenvalue weighted by Gasteiger charge is 2.26. The van der Waals surface area contributed by atoms with Gasteiger partial charge in [-0.15, -0.1) is 0 Å². The smallest absolute Gasteiger partial charge is 0.307 e. The lowest BCUT2D eigenvalue weighted by Gasteiger charge is -2.19. The number of nitrogens with one attached hydrogen (secondary N) is 1. The third-order valence-electron chi connectivity index (χ3n) is 3.51. The zero-order chi connectivity index (χ0) is 15.6. The quantitative estimate of drug-likeness (QED) is 0.681. The van der Waals surface area contributed by atoms with Crippen LogP contribution in [-0.2, 0) is 4.74 Å². The number of hydrogen-bond acceptors (Lipinski definition) is 4. The number of ether oxygens (including phenoxy) is 1. The first-order valence-electron chi connectivity index (χ1n) is 6.42. The number of benzene rings is 1. The number of nitro groups is 1. The lowest BCUT2D eigenvalue weighted by molar-refractivity contribution is -0.387. The number of rotatable bonds is 4.